The summed E-state index contributed by atoms with van der Waals surface area (Å²) in [6.45, 7) is 3.49. The van der Waals surface area contributed by atoms with Gasteiger partial charge in [-0.15, -0.1) is 0 Å². The van der Waals surface area contributed by atoms with Crippen molar-refractivity contribution in [3.63, 3.8) is 0 Å². The summed E-state index contributed by atoms with van der Waals surface area (Å²) in [4.78, 5) is 20.7. The van der Waals surface area contributed by atoms with E-state index < -0.39 is 0 Å². The van der Waals surface area contributed by atoms with E-state index in [2.05, 4.69) is 22.4 Å². The minimum atomic E-state index is -0.117. The molecule has 18 heavy (non-hydrogen) atoms. The van der Waals surface area contributed by atoms with Gasteiger partial charge < -0.3 is 20.0 Å². The van der Waals surface area contributed by atoms with Crippen LogP contribution in [0.25, 0.3) is 0 Å². The molecule has 0 aromatic rings. The number of likely N-dealkylation sites (N-methyl/N-ethyl adjacent to an activating group) is 1. The first-order chi connectivity index (χ1) is 8.58. The first kappa shape index (κ1) is 14.9. The predicted molar refractivity (Wildman–Crippen MR) is 71.7 cm³/mol. The Hall–Kier alpha value is -1.14. The van der Waals surface area contributed by atoms with Crippen LogP contribution in [-0.2, 0) is 9.63 Å². The van der Waals surface area contributed by atoms with E-state index in [9.17, 15) is 4.79 Å². The number of likely N-dealkylation sites (tertiary alicyclic amines) is 1. The van der Waals surface area contributed by atoms with Gasteiger partial charge in [0.2, 0.25) is 0 Å². The number of amides is 1. The van der Waals surface area contributed by atoms with E-state index in [0.717, 1.165) is 38.2 Å². The van der Waals surface area contributed by atoms with Crippen LogP contribution in [0.3, 0.4) is 0 Å². The minimum Gasteiger partial charge on any atom is -0.386 e. The molecule has 1 saturated heterocycles. The number of carbonyl (C=O) groups excluding carboxylic acids is 1. The highest BCUT2D eigenvalue weighted by Crippen LogP contribution is 2.04. The third-order valence-corrected chi connectivity index (χ3v) is 2.83. The van der Waals surface area contributed by atoms with Crippen LogP contribution < -0.4 is 5.32 Å². The van der Waals surface area contributed by atoms with Crippen LogP contribution in [0.2, 0.25) is 0 Å². The third kappa shape index (κ3) is 6.56. The molecule has 1 aliphatic rings. The van der Waals surface area contributed by atoms with Crippen LogP contribution in [0.4, 0.5) is 0 Å². The Balaban J connectivity index is 2.09. The number of rotatable bonds is 6. The average molecular weight is 256 g/mol. The lowest BCUT2D eigenvalue weighted by atomic mass is 10.1. The van der Waals surface area contributed by atoms with Crippen LogP contribution in [0, 0.1) is 0 Å². The van der Waals surface area contributed by atoms with E-state index in [0.29, 0.717) is 6.54 Å². The first-order valence-electron chi connectivity index (χ1n) is 6.35. The molecule has 0 aliphatic carbocycles. The van der Waals surface area contributed by atoms with Gasteiger partial charge in [0.25, 0.3) is 5.91 Å². The summed E-state index contributed by atoms with van der Waals surface area (Å²) in [5.74, 6) is -0.117. The molecule has 6 heteroatoms. The molecular weight excluding hydrogens is 232 g/mol. The van der Waals surface area contributed by atoms with Crippen molar-refractivity contribution in [3.8, 4) is 0 Å². The Morgan fingerprint density at radius 3 is 2.72 bits per heavy atom. The fraction of sp³-hybridized carbons (Fsp3) is 0.833. The van der Waals surface area contributed by atoms with Crippen molar-refractivity contribution in [1.82, 2.24) is 15.1 Å². The van der Waals surface area contributed by atoms with E-state index in [1.165, 1.54) is 0 Å². The molecule has 1 heterocycles. The van der Waals surface area contributed by atoms with Crippen molar-refractivity contribution in [2.24, 2.45) is 5.16 Å². The highest BCUT2D eigenvalue weighted by molar-refractivity contribution is 5.85. The predicted octanol–water partition coefficient (Wildman–Crippen LogP) is -0.238. The molecule has 1 rings (SSSR count). The Kier molecular flexibility index (Phi) is 6.67. The molecule has 1 fully saturated rings. The van der Waals surface area contributed by atoms with Crippen molar-refractivity contribution in [2.75, 3.05) is 53.9 Å². The van der Waals surface area contributed by atoms with Gasteiger partial charge in [-0.05, 0) is 21.1 Å². The summed E-state index contributed by atoms with van der Waals surface area (Å²) in [5.41, 5.74) is 1.05. The number of carbonyl (C=O) groups is 1. The lowest BCUT2D eigenvalue weighted by Gasteiger charge is -2.22. The van der Waals surface area contributed by atoms with E-state index in [1.807, 2.05) is 19.0 Å². The Labute approximate surface area is 109 Å². The zero-order chi connectivity index (χ0) is 13.4. The first-order valence-corrected chi connectivity index (χ1v) is 6.35. The summed E-state index contributed by atoms with van der Waals surface area (Å²) < 4.78 is 0. The Morgan fingerprint density at radius 1 is 1.44 bits per heavy atom. The van der Waals surface area contributed by atoms with Gasteiger partial charge in [0, 0.05) is 39.0 Å². The van der Waals surface area contributed by atoms with Gasteiger partial charge in [-0.25, -0.2) is 0 Å². The molecule has 0 saturated carbocycles. The SMILES string of the molecule is CN(C)CCNC(=O)CON=C1CCN(C)CC1. The molecule has 0 spiro atoms. The van der Waals surface area contributed by atoms with Gasteiger partial charge in [0.1, 0.15) is 0 Å². The molecule has 0 aromatic carbocycles. The van der Waals surface area contributed by atoms with Gasteiger partial charge in [-0.1, -0.05) is 5.16 Å². The molecule has 0 bridgehead atoms. The molecule has 0 radical (unpaired) electrons. The van der Waals surface area contributed by atoms with Gasteiger partial charge in [0.15, 0.2) is 6.61 Å². The molecular formula is C12H24N4O2. The standard InChI is InChI=1S/C12H24N4O2/c1-15(2)9-6-13-12(17)10-18-14-11-4-7-16(3)8-5-11/h4-10H2,1-3H3,(H,13,17). The van der Waals surface area contributed by atoms with Crippen molar-refractivity contribution >= 4 is 11.6 Å². The van der Waals surface area contributed by atoms with Crippen LogP contribution in [0.5, 0.6) is 0 Å². The number of piperidine rings is 1. The van der Waals surface area contributed by atoms with Crippen LogP contribution in [-0.4, -0.2) is 75.3 Å². The minimum absolute atomic E-state index is 0.00671. The van der Waals surface area contributed by atoms with E-state index in [4.69, 9.17) is 4.84 Å². The van der Waals surface area contributed by atoms with Gasteiger partial charge in [0.05, 0.1) is 5.71 Å². The number of nitrogens with zero attached hydrogens (tertiary/aromatic N) is 3. The van der Waals surface area contributed by atoms with E-state index >= 15 is 0 Å². The Bertz CT molecular complexity index is 282. The number of hydrogen-bond donors (Lipinski definition) is 1. The molecule has 0 unspecified atom stereocenters. The van der Waals surface area contributed by atoms with Crippen molar-refractivity contribution in [2.45, 2.75) is 12.8 Å². The molecule has 1 N–H and O–H groups in total. The molecule has 1 amide bonds. The number of hydrogen-bond acceptors (Lipinski definition) is 5. The molecule has 6 nitrogen and oxygen atoms in total. The largest absolute Gasteiger partial charge is 0.386 e. The van der Waals surface area contributed by atoms with Crippen LogP contribution in [0.1, 0.15) is 12.8 Å². The summed E-state index contributed by atoms with van der Waals surface area (Å²) in [6, 6.07) is 0. The summed E-state index contributed by atoms with van der Waals surface area (Å²) in [7, 11) is 6.03. The van der Waals surface area contributed by atoms with Gasteiger partial charge in [-0.3, -0.25) is 4.79 Å². The quantitative estimate of drug-likeness (QED) is 0.667. The normalized spacial score (nSPS) is 16.8. The monoisotopic (exact) mass is 256 g/mol. The summed E-state index contributed by atoms with van der Waals surface area (Å²) in [5, 5.41) is 6.80. The second-order valence-electron chi connectivity index (χ2n) is 4.89. The smallest absolute Gasteiger partial charge is 0.260 e. The molecule has 0 atom stereocenters. The third-order valence-electron chi connectivity index (χ3n) is 2.83. The molecule has 0 aromatic heterocycles. The van der Waals surface area contributed by atoms with Crippen molar-refractivity contribution < 1.29 is 9.63 Å². The Morgan fingerprint density at radius 2 is 2.11 bits per heavy atom. The van der Waals surface area contributed by atoms with Gasteiger partial charge in [-0.2, -0.15) is 0 Å². The lowest BCUT2D eigenvalue weighted by Crippen LogP contribution is -2.33. The second-order valence-corrected chi connectivity index (χ2v) is 4.89. The molecule has 1 aliphatic heterocycles. The van der Waals surface area contributed by atoms with E-state index in [-0.39, 0.29) is 12.5 Å². The zero-order valence-corrected chi connectivity index (χ0v) is 11.6. The summed E-state index contributed by atoms with van der Waals surface area (Å²) in [6.07, 6.45) is 1.86. The summed E-state index contributed by atoms with van der Waals surface area (Å²) >= 11 is 0. The lowest BCUT2D eigenvalue weighted by molar-refractivity contribution is -0.125. The topological polar surface area (TPSA) is 57.2 Å². The molecule has 104 valence electrons. The van der Waals surface area contributed by atoms with Crippen LogP contribution >= 0.6 is 0 Å². The maximum Gasteiger partial charge on any atom is 0.260 e. The number of oxime groups is 1. The average Bonchev–Trinajstić information content (AvgIpc) is 2.31. The zero-order valence-electron chi connectivity index (χ0n) is 11.6. The fourth-order valence-corrected chi connectivity index (χ4v) is 1.62. The van der Waals surface area contributed by atoms with Crippen molar-refractivity contribution in [3.05, 3.63) is 0 Å². The maximum absolute atomic E-state index is 11.4. The number of nitrogens with one attached hydrogen (secondary N) is 1. The van der Waals surface area contributed by atoms with E-state index in [1.54, 1.807) is 0 Å². The maximum atomic E-state index is 11.4. The van der Waals surface area contributed by atoms with Crippen LogP contribution in [0.15, 0.2) is 5.16 Å². The fourth-order valence-electron chi connectivity index (χ4n) is 1.62. The van der Waals surface area contributed by atoms with Crippen molar-refractivity contribution in [1.29, 1.82) is 0 Å². The second kappa shape index (κ2) is 8.05. The highest BCUT2D eigenvalue weighted by Gasteiger charge is 2.11. The van der Waals surface area contributed by atoms with Gasteiger partial charge >= 0.3 is 0 Å². The highest BCUT2D eigenvalue weighted by atomic mass is 16.6.